The first-order chi connectivity index (χ1) is 13.7. The minimum Gasteiger partial charge on any atom is -0.497 e. The van der Waals surface area contributed by atoms with Crippen molar-refractivity contribution >= 4 is 0 Å². The van der Waals surface area contributed by atoms with Gasteiger partial charge in [-0.2, -0.15) is 5.10 Å². The summed E-state index contributed by atoms with van der Waals surface area (Å²) in [6.45, 7) is 4.43. The lowest BCUT2D eigenvalue weighted by molar-refractivity contribution is 0.415. The normalized spacial score (nSPS) is 11.0. The lowest BCUT2D eigenvalue weighted by atomic mass is 10.0. The first-order valence-corrected chi connectivity index (χ1v) is 9.56. The number of rotatable bonds is 5. The standard InChI is InChI=1S/C25H24N2O/c1-18(2)19-9-11-21(12-10-19)25-17-24(20-13-15-23(28-3)16-14-20)26-27(25)22-7-5-4-6-8-22/h4-18H,1-3H3. The molecule has 1 heterocycles. The van der Waals surface area contributed by atoms with Crippen molar-refractivity contribution in [1.29, 1.82) is 0 Å². The summed E-state index contributed by atoms with van der Waals surface area (Å²) in [4.78, 5) is 0. The van der Waals surface area contributed by atoms with E-state index in [0.717, 1.165) is 34.0 Å². The van der Waals surface area contributed by atoms with Crippen molar-refractivity contribution in [3.8, 4) is 34.0 Å². The summed E-state index contributed by atoms with van der Waals surface area (Å²) in [5.41, 5.74) is 6.62. The van der Waals surface area contributed by atoms with Gasteiger partial charge in [-0.3, -0.25) is 0 Å². The Morgan fingerprint density at radius 2 is 1.43 bits per heavy atom. The van der Waals surface area contributed by atoms with Crippen molar-refractivity contribution < 1.29 is 4.74 Å². The Hall–Kier alpha value is -3.33. The molecule has 0 bridgehead atoms. The fourth-order valence-electron chi connectivity index (χ4n) is 3.29. The Labute approximate surface area is 166 Å². The van der Waals surface area contributed by atoms with Gasteiger partial charge in [-0.1, -0.05) is 56.3 Å². The van der Waals surface area contributed by atoms with Gasteiger partial charge in [0.05, 0.1) is 24.2 Å². The monoisotopic (exact) mass is 368 g/mol. The summed E-state index contributed by atoms with van der Waals surface area (Å²) in [5.74, 6) is 1.36. The Morgan fingerprint density at radius 3 is 2.04 bits per heavy atom. The van der Waals surface area contributed by atoms with Crippen molar-refractivity contribution in [3.63, 3.8) is 0 Å². The van der Waals surface area contributed by atoms with Gasteiger partial charge in [-0.15, -0.1) is 0 Å². The number of methoxy groups -OCH3 is 1. The van der Waals surface area contributed by atoms with Crippen LogP contribution in [0.3, 0.4) is 0 Å². The molecule has 4 rings (SSSR count). The molecule has 3 heteroatoms. The van der Waals surface area contributed by atoms with Gasteiger partial charge in [0.15, 0.2) is 0 Å². The largest absolute Gasteiger partial charge is 0.497 e. The van der Waals surface area contributed by atoms with Crippen LogP contribution in [0.2, 0.25) is 0 Å². The zero-order chi connectivity index (χ0) is 19.5. The number of nitrogens with zero attached hydrogens (tertiary/aromatic N) is 2. The molecule has 0 N–H and O–H groups in total. The smallest absolute Gasteiger partial charge is 0.118 e. The summed E-state index contributed by atoms with van der Waals surface area (Å²) in [7, 11) is 1.68. The van der Waals surface area contributed by atoms with Gasteiger partial charge in [0.2, 0.25) is 0 Å². The van der Waals surface area contributed by atoms with E-state index in [4.69, 9.17) is 9.84 Å². The SMILES string of the molecule is COc1ccc(-c2cc(-c3ccc(C(C)C)cc3)n(-c3ccccc3)n2)cc1. The van der Waals surface area contributed by atoms with E-state index in [0.29, 0.717) is 5.92 Å². The van der Waals surface area contributed by atoms with Crippen LogP contribution in [-0.4, -0.2) is 16.9 Å². The van der Waals surface area contributed by atoms with E-state index < -0.39 is 0 Å². The number of benzene rings is 3. The third kappa shape index (κ3) is 3.56. The molecule has 0 unspecified atom stereocenters. The Morgan fingerprint density at radius 1 is 0.786 bits per heavy atom. The van der Waals surface area contributed by atoms with Gasteiger partial charge in [0.1, 0.15) is 5.75 Å². The molecular formula is C25H24N2O. The van der Waals surface area contributed by atoms with E-state index in [1.165, 1.54) is 5.56 Å². The molecule has 0 aliphatic rings. The molecule has 140 valence electrons. The van der Waals surface area contributed by atoms with Crippen molar-refractivity contribution in [3.05, 3.63) is 90.5 Å². The topological polar surface area (TPSA) is 27.1 Å². The van der Waals surface area contributed by atoms with Gasteiger partial charge >= 0.3 is 0 Å². The van der Waals surface area contributed by atoms with Crippen LogP contribution in [0.1, 0.15) is 25.3 Å². The molecule has 4 aromatic rings. The Bertz CT molecular complexity index is 1050. The molecule has 0 aliphatic heterocycles. The number of ether oxygens (including phenoxy) is 1. The first-order valence-electron chi connectivity index (χ1n) is 9.56. The van der Waals surface area contributed by atoms with Gasteiger partial charge in [0.25, 0.3) is 0 Å². The summed E-state index contributed by atoms with van der Waals surface area (Å²) in [5, 5.41) is 4.92. The molecular weight excluding hydrogens is 344 g/mol. The number of para-hydroxylation sites is 1. The lowest BCUT2D eigenvalue weighted by Crippen LogP contribution is -1.99. The second-order valence-corrected chi connectivity index (χ2v) is 7.17. The molecule has 0 atom stereocenters. The van der Waals surface area contributed by atoms with Crippen LogP contribution in [-0.2, 0) is 0 Å². The molecule has 0 saturated carbocycles. The highest BCUT2D eigenvalue weighted by atomic mass is 16.5. The van der Waals surface area contributed by atoms with E-state index in [-0.39, 0.29) is 0 Å². The number of hydrogen-bond donors (Lipinski definition) is 0. The lowest BCUT2D eigenvalue weighted by Gasteiger charge is -2.09. The summed E-state index contributed by atoms with van der Waals surface area (Å²) in [6, 6.07) is 29.2. The van der Waals surface area contributed by atoms with Crippen LogP contribution in [0.5, 0.6) is 5.75 Å². The van der Waals surface area contributed by atoms with Crippen molar-refractivity contribution in [2.75, 3.05) is 7.11 Å². The highest BCUT2D eigenvalue weighted by Gasteiger charge is 2.13. The number of hydrogen-bond acceptors (Lipinski definition) is 2. The third-order valence-corrected chi connectivity index (χ3v) is 4.97. The van der Waals surface area contributed by atoms with E-state index in [1.54, 1.807) is 7.11 Å². The van der Waals surface area contributed by atoms with Crippen LogP contribution in [0.4, 0.5) is 0 Å². The minimum absolute atomic E-state index is 0.517. The fraction of sp³-hybridized carbons (Fsp3) is 0.160. The Kier molecular flexibility index (Phi) is 4.98. The zero-order valence-electron chi connectivity index (χ0n) is 16.5. The summed E-state index contributed by atoms with van der Waals surface area (Å²) in [6.07, 6.45) is 0. The van der Waals surface area contributed by atoms with E-state index in [2.05, 4.69) is 56.3 Å². The second-order valence-electron chi connectivity index (χ2n) is 7.17. The summed E-state index contributed by atoms with van der Waals surface area (Å²) < 4.78 is 7.30. The Balaban J connectivity index is 1.82. The minimum atomic E-state index is 0.517. The van der Waals surface area contributed by atoms with E-state index in [9.17, 15) is 0 Å². The molecule has 0 amide bonds. The molecule has 0 radical (unpaired) electrons. The van der Waals surface area contributed by atoms with Crippen molar-refractivity contribution in [1.82, 2.24) is 9.78 Å². The molecule has 0 saturated heterocycles. The molecule has 1 aromatic heterocycles. The maximum atomic E-state index is 5.28. The van der Waals surface area contributed by atoms with Crippen LogP contribution in [0.25, 0.3) is 28.2 Å². The van der Waals surface area contributed by atoms with E-state index in [1.807, 2.05) is 47.1 Å². The van der Waals surface area contributed by atoms with Crippen LogP contribution in [0, 0.1) is 0 Å². The fourth-order valence-corrected chi connectivity index (χ4v) is 3.29. The highest BCUT2D eigenvalue weighted by Crippen LogP contribution is 2.30. The molecule has 0 aliphatic carbocycles. The van der Waals surface area contributed by atoms with Crippen LogP contribution in [0.15, 0.2) is 84.9 Å². The molecule has 0 fully saturated rings. The van der Waals surface area contributed by atoms with Crippen LogP contribution < -0.4 is 4.74 Å². The predicted molar refractivity (Wildman–Crippen MR) is 115 cm³/mol. The van der Waals surface area contributed by atoms with Gasteiger partial charge < -0.3 is 4.74 Å². The average Bonchev–Trinajstić information content (AvgIpc) is 3.20. The number of aromatic nitrogens is 2. The maximum Gasteiger partial charge on any atom is 0.118 e. The third-order valence-electron chi connectivity index (χ3n) is 4.97. The quantitative estimate of drug-likeness (QED) is 0.411. The van der Waals surface area contributed by atoms with Crippen LogP contribution >= 0.6 is 0 Å². The zero-order valence-corrected chi connectivity index (χ0v) is 16.5. The molecule has 0 spiro atoms. The maximum absolute atomic E-state index is 5.28. The average molecular weight is 368 g/mol. The summed E-state index contributed by atoms with van der Waals surface area (Å²) >= 11 is 0. The van der Waals surface area contributed by atoms with Crippen molar-refractivity contribution in [2.24, 2.45) is 0 Å². The molecule has 3 aromatic carbocycles. The molecule has 3 nitrogen and oxygen atoms in total. The predicted octanol–water partition coefficient (Wildman–Crippen LogP) is 6.34. The van der Waals surface area contributed by atoms with Gasteiger partial charge in [-0.25, -0.2) is 4.68 Å². The molecule has 28 heavy (non-hydrogen) atoms. The highest BCUT2D eigenvalue weighted by molar-refractivity contribution is 5.71. The first kappa shape index (κ1) is 18.1. The van der Waals surface area contributed by atoms with Gasteiger partial charge in [0, 0.05) is 11.1 Å². The van der Waals surface area contributed by atoms with Crippen molar-refractivity contribution in [2.45, 2.75) is 19.8 Å². The van der Waals surface area contributed by atoms with Gasteiger partial charge in [-0.05, 0) is 53.9 Å². The second kappa shape index (κ2) is 7.73. The van der Waals surface area contributed by atoms with E-state index >= 15 is 0 Å².